The number of hydrogen-bond acceptors (Lipinski definition) is 4. The normalized spacial score (nSPS) is 15.6. The molecule has 1 atom stereocenters. The molecule has 1 unspecified atom stereocenters. The highest BCUT2D eigenvalue weighted by Crippen LogP contribution is 2.34. The Hall–Kier alpha value is -4.13. The van der Waals surface area contributed by atoms with Gasteiger partial charge in [-0.1, -0.05) is 36.4 Å². The van der Waals surface area contributed by atoms with Crippen molar-refractivity contribution in [1.82, 2.24) is 9.55 Å². The van der Waals surface area contributed by atoms with Gasteiger partial charge in [0.1, 0.15) is 18.1 Å². The van der Waals surface area contributed by atoms with E-state index in [1.807, 2.05) is 83.4 Å². The minimum atomic E-state index is -0.124. The summed E-state index contributed by atoms with van der Waals surface area (Å²) < 4.78 is 7.29. The van der Waals surface area contributed by atoms with Gasteiger partial charge >= 0.3 is 0 Å². The molecule has 4 aromatic rings. The second kappa shape index (κ2) is 9.02. The van der Waals surface area contributed by atoms with E-state index in [1.54, 1.807) is 24.0 Å². The highest BCUT2D eigenvalue weighted by Gasteiger charge is 2.35. The molecule has 0 saturated carbocycles. The molecular weight excluding hydrogens is 428 g/mol. The Labute approximate surface area is 198 Å². The molecule has 5 rings (SSSR count). The SMILES string of the molecule is COc1cccc(N2CC(c3nc4ccccc4n3CC(=O)N(C)c3ccccc3)CC2=O)c1. The smallest absolute Gasteiger partial charge is 0.246 e. The van der Waals surface area contributed by atoms with Crippen molar-refractivity contribution in [3.05, 3.63) is 84.7 Å². The summed E-state index contributed by atoms with van der Waals surface area (Å²) in [6.07, 6.45) is 0.337. The van der Waals surface area contributed by atoms with Crippen LogP contribution in [0.3, 0.4) is 0 Å². The van der Waals surface area contributed by atoms with E-state index < -0.39 is 0 Å². The van der Waals surface area contributed by atoms with Gasteiger partial charge in [-0.15, -0.1) is 0 Å². The number of carbonyl (C=O) groups is 2. The van der Waals surface area contributed by atoms with Crippen LogP contribution in [0.1, 0.15) is 18.2 Å². The highest BCUT2D eigenvalue weighted by atomic mass is 16.5. The zero-order valence-electron chi connectivity index (χ0n) is 19.2. The number of para-hydroxylation sites is 3. The van der Waals surface area contributed by atoms with Crippen molar-refractivity contribution >= 4 is 34.2 Å². The van der Waals surface area contributed by atoms with Crippen molar-refractivity contribution in [2.24, 2.45) is 0 Å². The van der Waals surface area contributed by atoms with Crippen molar-refractivity contribution in [1.29, 1.82) is 0 Å². The minimum absolute atomic E-state index is 0.0320. The summed E-state index contributed by atoms with van der Waals surface area (Å²) in [5, 5.41) is 0. The van der Waals surface area contributed by atoms with E-state index in [1.165, 1.54) is 0 Å². The summed E-state index contributed by atoms with van der Waals surface area (Å²) in [5.41, 5.74) is 3.34. The number of hydrogen-bond donors (Lipinski definition) is 0. The third-order valence-electron chi connectivity index (χ3n) is 6.35. The molecule has 7 heteroatoms. The third-order valence-corrected chi connectivity index (χ3v) is 6.35. The Balaban J connectivity index is 1.46. The van der Waals surface area contributed by atoms with E-state index >= 15 is 0 Å². The molecule has 0 aliphatic carbocycles. The van der Waals surface area contributed by atoms with Gasteiger partial charge in [0.05, 0.1) is 18.1 Å². The van der Waals surface area contributed by atoms with Gasteiger partial charge in [0, 0.05) is 43.4 Å². The van der Waals surface area contributed by atoms with E-state index in [2.05, 4.69) is 0 Å². The highest BCUT2D eigenvalue weighted by molar-refractivity contribution is 5.97. The number of likely N-dealkylation sites (N-methyl/N-ethyl adjacent to an activating group) is 1. The van der Waals surface area contributed by atoms with Gasteiger partial charge in [0.25, 0.3) is 0 Å². The fraction of sp³-hybridized carbons (Fsp3) is 0.222. The molecule has 0 radical (unpaired) electrons. The number of fused-ring (bicyclic) bond motifs is 1. The number of imidazole rings is 1. The number of amides is 2. The van der Waals surface area contributed by atoms with Gasteiger partial charge in [-0.25, -0.2) is 4.98 Å². The van der Waals surface area contributed by atoms with Crippen LogP contribution in [0.4, 0.5) is 11.4 Å². The van der Waals surface area contributed by atoms with Gasteiger partial charge in [-0.05, 0) is 36.4 Å². The molecule has 2 amide bonds. The van der Waals surface area contributed by atoms with E-state index in [0.717, 1.165) is 28.2 Å². The molecule has 7 nitrogen and oxygen atoms in total. The van der Waals surface area contributed by atoms with Crippen LogP contribution in [-0.2, 0) is 16.1 Å². The number of aromatic nitrogens is 2. The fourth-order valence-corrected chi connectivity index (χ4v) is 4.52. The maximum absolute atomic E-state index is 13.2. The number of benzene rings is 3. The number of ether oxygens (including phenoxy) is 1. The fourth-order valence-electron chi connectivity index (χ4n) is 4.52. The number of rotatable bonds is 6. The van der Waals surface area contributed by atoms with Crippen molar-refractivity contribution in [2.45, 2.75) is 18.9 Å². The molecule has 0 bridgehead atoms. The second-order valence-corrected chi connectivity index (χ2v) is 8.44. The monoisotopic (exact) mass is 454 g/mol. The topological polar surface area (TPSA) is 67.7 Å². The van der Waals surface area contributed by atoms with Crippen LogP contribution in [0.15, 0.2) is 78.9 Å². The number of carbonyl (C=O) groups excluding carboxylic acids is 2. The molecular formula is C27H26N4O3. The largest absolute Gasteiger partial charge is 0.497 e. The first-order valence-corrected chi connectivity index (χ1v) is 11.3. The Morgan fingerprint density at radius 2 is 1.82 bits per heavy atom. The standard InChI is InChI=1S/C27H26N4O3/c1-29(20-9-4-3-5-10-20)26(33)18-31-24-14-7-6-13-23(24)28-27(31)19-15-25(32)30(17-19)21-11-8-12-22(16-21)34-2/h3-14,16,19H,15,17-18H2,1-2H3. The molecule has 1 aliphatic heterocycles. The average molecular weight is 455 g/mol. The Morgan fingerprint density at radius 3 is 2.62 bits per heavy atom. The van der Waals surface area contributed by atoms with Crippen LogP contribution >= 0.6 is 0 Å². The number of methoxy groups -OCH3 is 1. The molecule has 1 aliphatic rings. The first-order chi connectivity index (χ1) is 16.5. The zero-order chi connectivity index (χ0) is 23.7. The second-order valence-electron chi connectivity index (χ2n) is 8.44. The average Bonchev–Trinajstić information content (AvgIpc) is 3.44. The van der Waals surface area contributed by atoms with Crippen LogP contribution in [-0.4, -0.2) is 42.1 Å². The molecule has 1 saturated heterocycles. The molecule has 3 aromatic carbocycles. The lowest BCUT2D eigenvalue weighted by Crippen LogP contribution is -2.31. The Morgan fingerprint density at radius 1 is 1.06 bits per heavy atom. The summed E-state index contributed by atoms with van der Waals surface area (Å²) in [5.74, 6) is 1.32. The summed E-state index contributed by atoms with van der Waals surface area (Å²) in [6, 6.07) is 24.9. The predicted octanol–water partition coefficient (Wildman–Crippen LogP) is 4.23. The van der Waals surface area contributed by atoms with Gasteiger partial charge < -0.3 is 19.1 Å². The zero-order valence-corrected chi connectivity index (χ0v) is 19.2. The lowest BCUT2D eigenvalue weighted by Gasteiger charge is -2.20. The summed E-state index contributed by atoms with van der Waals surface area (Å²) in [7, 11) is 3.39. The summed E-state index contributed by atoms with van der Waals surface area (Å²) in [4.78, 5) is 34.5. The quantitative estimate of drug-likeness (QED) is 0.437. The molecule has 34 heavy (non-hydrogen) atoms. The minimum Gasteiger partial charge on any atom is -0.497 e. The summed E-state index contributed by atoms with van der Waals surface area (Å²) >= 11 is 0. The van der Waals surface area contributed by atoms with E-state index in [4.69, 9.17) is 9.72 Å². The Kier molecular flexibility index (Phi) is 5.76. The molecule has 1 aromatic heterocycles. The number of nitrogens with zero attached hydrogens (tertiary/aromatic N) is 4. The number of anilines is 2. The molecule has 0 N–H and O–H groups in total. The predicted molar refractivity (Wildman–Crippen MR) is 132 cm³/mol. The lowest BCUT2D eigenvalue weighted by atomic mass is 10.1. The first-order valence-electron chi connectivity index (χ1n) is 11.3. The maximum Gasteiger partial charge on any atom is 0.246 e. The van der Waals surface area contributed by atoms with Crippen LogP contribution in [0.25, 0.3) is 11.0 Å². The van der Waals surface area contributed by atoms with E-state index in [9.17, 15) is 9.59 Å². The van der Waals surface area contributed by atoms with Crippen molar-refractivity contribution in [3.8, 4) is 5.75 Å². The van der Waals surface area contributed by atoms with Crippen LogP contribution < -0.4 is 14.5 Å². The maximum atomic E-state index is 13.2. The van der Waals surface area contributed by atoms with Gasteiger partial charge in [-0.2, -0.15) is 0 Å². The van der Waals surface area contributed by atoms with Crippen LogP contribution in [0.2, 0.25) is 0 Å². The summed E-state index contributed by atoms with van der Waals surface area (Å²) in [6.45, 7) is 0.642. The van der Waals surface area contributed by atoms with Crippen molar-refractivity contribution in [3.63, 3.8) is 0 Å². The van der Waals surface area contributed by atoms with Crippen molar-refractivity contribution in [2.75, 3.05) is 30.5 Å². The van der Waals surface area contributed by atoms with Gasteiger partial charge in [-0.3, -0.25) is 9.59 Å². The molecule has 0 spiro atoms. The third kappa shape index (κ3) is 4.01. The van der Waals surface area contributed by atoms with E-state index in [-0.39, 0.29) is 24.3 Å². The van der Waals surface area contributed by atoms with Crippen LogP contribution in [0, 0.1) is 0 Å². The van der Waals surface area contributed by atoms with Gasteiger partial charge in [0.15, 0.2) is 0 Å². The van der Waals surface area contributed by atoms with E-state index in [0.29, 0.717) is 18.7 Å². The first kappa shape index (κ1) is 21.7. The lowest BCUT2D eigenvalue weighted by molar-refractivity contribution is -0.119. The molecule has 1 fully saturated rings. The van der Waals surface area contributed by atoms with Crippen molar-refractivity contribution < 1.29 is 14.3 Å². The Bertz CT molecular complexity index is 1350. The molecule has 2 heterocycles. The van der Waals surface area contributed by atoms with Gasteiger partial charge in [0.2, 0.25) is 11.8 Å². The molecule has 172 valence electrons. The van der Waals surface area contributed by atoms with Crippen LogP contribution in [0.5, 0.6) is 5.75 Å².